The normalized spacial score (nSPS) is 29.3. The number of fused-ring (bicyclic) bond motifs is 1. The molecule has 38 heavy (non-hydrogen) atoms. The van der Waals surface area contributed by atoms with Gasteiger partial charge >= 0.3 is 0 Å². The van der Waals surface area contributed by atoms with Crippen LogP contribution < -0.4 is 15.4 Å². The molecule has 3 aliphatic rings. The Kier molecular flexibility index (Phi) is 7.17. The van der Waals surface area contributed by atoms with Gasteiger partial charge in [0.25, 0.3) is 0 Å². The molecule has 5 rings (SSSR count). The van der Waals surface area contributed by atoms with E-state index < -0.39 is 22.6 Å². The summed E-state index contributed by atoms with van der Waals surface area (Å²) in [6, 6.07) is 12.3. The molecule has 8 nitrogen and oxygen atoms in total. The van der Waals surface area contributed by atoms with E-state index in [4.69, 9.17) is 4.74 Å². The zero-order valence-corrected chi connectivity index (χ0v) is 23.0. The number of anilines is 2. The van der Waals surface area contributed by atoms with Crippen LogP contribution in [0.1, 0.15) is 31.4 Å². The van der Waals surface area contributed by atoms with Gasteiger partial charge in [-0.05, 0) is 74.6 Å². The van der Waals surface area contributed by atoms with Crippen LogP contribution in [0.25, 0.3) is 0 Å². The van der Waals surface area contributed by atoms with Crippen LogP contribution in [-0.4, -0.2) is 63.5 Å². The van der Waals surface area contributed by atoms with Gasteiger partial charge in [0, 0.05) is 23.2 Å². The fourth-order valence-electron chi connectivity index (χ4n) is 6.57. The Morgan fingerprint density at radius 2 is 1.87 bits per heavy atom. The topological polar surface area (TPSA) is 108 Å². The average Bonchev–Trinajstić information content (AvgIpc) is 3.47. The van der Waals surface area contributed by atoms with Crippen molar-refractivity contribution >= 4 is 40.9 Å². The number of aliphatic hydroxyl groups excluding tert-OH is 1. The second-order valence-corrected chi connectivity index (χ2v) is 12.1. The summed E-state index contributed by atoms with van der Waals surface area (Å²) in [6.07, 6.45) is 0.746. The molecule has 0 aromatic heterocycles. The summed E-state index contributed by atoms with van der Waals surface area (Å²) in [5, 5.41) is 15.8. The van der Waals surface area contributed by atoms with Gasteiger partial charge in [-0.2, -0.15) is 0 Å². The molecule has 3 amide bonds. The Morgan fingerprint density at radius 3 is 2.55 bits per heavy atom. The van der Waals surface area contributed by atoms with E-state index in [2.05, 4.69) is 17.6 Å². The number of aliphatic hydroxyl groups is 1. The summed E-state index contributed by atoms with van der Waals surface area (Å²) in [4.78, 5) is 43.0. The van der Waals surface area contributed by atoms with Crippen molar-refractivity contribution in [3.63, 3.8) is 0 Å². The SMILES string of the molecule is CCOc1ccc(NC(=O)[C@@H]2[C@H]3C(=O)N(CCO)C(C(=O)Nc4cc(C)ccc4C)C34S[C@@H]2CC4C)cc1. The van der Waals surface area contributed by atoms with Gasteiger partial charge in [-0.1, -0.05) is 19.1 Å². The molecule has 1 spiro atoms. The number of hydrogen-bond donors (Lipinski definition) is 3. The van der Waals surface area contributed by atoms with E-state index in [1.165, 1.54) is 4.90 Å². The van der Waals surface area contributed by atoms with Crippen molar-refractivity contribution in [3.8, 4) is 5.75 Å². The van der Waals surface area contributed by atoms with E-state index in [0.717, 1.165) is 23.3 Å². The maximum Gasteiger partial charge on any atom is 0.248 e. The minimum Gasteiger partial charge on any atom is -0.494 e. The van der Waals surface area contributed by atoms with Crippen LogP contribution in [0.3, 0.4) is 0 Å². The van der Waals surface area contributed by atoms with E-state index >= 15 is 0 Å². The van der Waals surface area contributed by atoms with Crippen molar-refractivity contribution in [2.45, 2.75) is 50.2 Å². The Labute approximate surface area is 227 Å². The molecule has 3 heterocycles. The first-order chi connectivity index (χ1) is 18.2. The number of β-amino-alcohol motifs (C(OH)–C–C–N with tert-alkyl or cyclic N) is 1. The molecule has 202 valence electrons. The second-order valence-electron chi connectivity index (χ2n) is 10.6. The van der Waals surface area contributed by atoms with Gasteiger partial charge in [0.2, 0.25) is 17.7 Å². The summed E-state index contributed by atoms with van der Waals surface area (Å²) >= 11 is 1.62. The fraction of sp³-hybridized carbons (Fsp3) is 0.483. The molecule has 0 saturated carbocycles. The third kappa shape index (κ3) is 4.25. The number of carbonyl (C=O) groups is 3. The lowest BCUT2D eigenvalue weighted by Crippen LogP contribution is -2.55. The van der Waals surface area contributed by atoms with Gasteiger partial charge in [-0.25, -0.2) is 0 Å². The van der Waals surface area contributed by atoms with Crippen molar-refractivity contribution in [3.05, 3.63) is 53.6 Å². The molecule has 3 unspecified atom stereocenters. The number of amides is 3. The van der Waals surface area contributed by atoms with Crippen LogP contribution in [0, 0.1) is 31.6 Å². The van der Waals surface area contributed by atoms with E-state index in [1.807, 2.05) is 39.0 Å². The van der Waals surface area contributed by atoms with Crippen molar-refractivity contribution in [2.24, 2.45) is 17.8 Å². The summed E-state index contributed by atoms with van der Waals surface area (Å²) in [5.41, 5.74) is 3.30. The number of nitrogens with zero attached hydrogens (tertiary/aromatic N) is 1. The van der Waals surface area contributed by atoms with Crippen LogP contribution in [0.15, 0.2) is 42.5 Å². The smallest absolute Gasteiger partial charge is 0.248 e. The third-order valence-corrected chi connectivity index (χ3v) is 10.3. The van der Waals surface area contributed by atoms with Gasteiger partial charge in [0.1, 0.15) is 11.8 Å². The number of ether oxygens (including phenoxy) is 1. The summed E-state index contributed by atoms with van der Waals surface area (Å²) in [6.45, 7) is 8.23. The summed E-state index contributed by atoms with van der Waals surface area (Å²) < 4.78 is 4.75. The first-order valence-electron chi connectivity index (χ1n) is 13.2. The molecular formula is C29H35N3O5S. The summed E-state index contributed by atoms with van der Waals surface area (Å²) in [7, 11) is 0. The van der Waals surface area contributed by atoms with Crippen LogP contribution in [0.4, 0.5) is 11.4 Å². The maximum absolute atomic E-state index is 13.9. The monoisotopic (exact) mass is 537 g/mol. The van der Waals surface area contributed by atoms with Crippen molar-refractivity contribution in [1.82, 2.24) is 4.90 Å². The predicted octanol–water partition coefficient (Wildman–Crippen LogP) is 3.61. The van der Waals surface area contributed by atoms with Crippen molar-refractivity contribution < 1.29 is 24.2 Å². The standard InChI is InChI=1S/C29H35N3O5S/c1-5-37-20-10-8-19(9-11-20)30-26(34)23-22-15-18(4)29(38-22)24(23)28(36)32(12-13-33)25(29)27(35)31-21-14-16(2)6-7-17(21)3/h6-11,14,18,22-25,33H,5,12-13,15H2,1-4H3,(H,30,34)(H,31,35)/t18?,22-,23+,24+,25?,29?/m1/s1. The number of aryl methyl sites for hydroxylation is 2. The van der Waals surface area contributed by atoms with Crippen LogP contribution in [0.2, 0.25) is 0 Å². The van der Waals surface area contributed by atoms with E-state index in [1.54, 1.807) is 36.0 Å². The molecule has 3 aliphatic heterocycles. The predicted molar refractivity (Wildman–Crippen MR) is 148 cm³/mol. The molecule has 2 aromatic carbocycles. The number of benzene rings is 2. The Morgan fingerprint density at radius 1 is 1.13 bits per heavy atom. The van der Waals surface area contributed by atoms with Gasteiger partial charge in [0.05, 0.1) is 29.8 Å². The molecule has 9 heteroatoms. The molecule has 0 aliphatic carbocycles. The molecule has 2 aromatic rings. The third-order valence-electron chi connectivity index (χ3n) is 8.22. The minimum atomic E-state index is -0.777. The lowest BCUT2D eigenvalue weighted by Gasteiger charge is -2.38. The molecule has 3 N–H and O–H groups in total. The van der Waals surface area contributed by atoms with Crippen LogP contribution >= 0.6 is 11.8 Å². The van der Waals surface area contributed by atoms with Gasteiger partial charge in [-0.15, -0.1) is 11.8 Å². The molecule has 2 bridgehead atoms. The Hall–Kier alpha value is -3.04. The average molecular weight is 538 g/mol. The molecule has 3 saturated heterocycles. The van der Waals surface area contributed by atoms with Gasteiger partial charge in [0.15, 0.2) is 0 Å². The lowest BCUT2D eigenvalue weighted by molar-refractivity contribution is -0.138. The maximum atomic E-state index is 13.9. The fourth-order valence-corrected chi connectivity index (χ4v) is 8.99. The van der Waals surface area contributed by atoms with Crippen molar-refractivity contribution in [1.29, 1.82) is 0 Å². The van der Waals surface area contributed by atoms with E-state index in [0.29, 0.717) is 18.0 Å². The number of carbonyl (C=O) groups excluding carboxylic acids is 3. The largest absolute Gasteiger partial charge is 0.494 e. The highest BCUT2D eigenvalue weighted by Crippen LogP contribution is 2.68. The number of hydrogen-bond acceptors (Lipinski definition) is 6. The number of likely N-dealkylation sites (tertiary alicyclic amines) is 1. The highest BCUT2D eigenvalue weighted by molar-refractivity contribution is 8.02. The van der Waals surface area contributed by atoms with E-state index in [-0.39, 0.29) is 42.0 Å². The zero-order valence-electron chi connectivity index (χ0n) is 22.2. The molecule has 6 atom stereocenters. The lowest BCUT2D eigenvalue weighted by atomic mass is 9.66. The van der Waals surface area contributed by atoms with Gasteiger partial charge < -0.3 is 25.4 Å². The first kappa shape index (κ1) is 26.6. The zero-order chi connectivity index (χ0) is 27.2. The van der Waals surface area contributed by atoms with Crippen LogP contribution in [0.5, 0.6) is 5.75 Å². The number of thioether (sulfide) groups is 1. The highest BCUT2D eigenvalue weighted by atomic mass is 32.2. The second kappa shape index (κ2) is 10.3. The first-order valence-corrected chi connectivity index (χ1v) is 14.1. The van der Waals surface area contributed by atoms with Crippen molar-refractivity contribution in [2.75, 3.05) is 30.4 Å². The molecular weight excluding hydrogens is 502 g/mol. The minimum absolute atomic E-state index is 0.0488. The highest BCUT2D eigenvalue weighted by Gasteiger charge is 2.75. The number of rotatable bonds is 8. The van der Waals surface area contributed by atoms with Gasteiger partial charge in [-0.3, -0.25) is 14.4 Å². The Bertz CT molecular complexity index is 1250. The molecule has 3 fully saturated rings. The quantitative estimate of drug-likeness (QED) is 0.475. The van der Waals surface area contributed by atoms with E-state index in [9.17, 15) is 19.5 Å². The molecule has 0 radical (unpaired) electrons. The van der Waals surface area contributed by atoms with Crippen LogP contribution in [-0.2, 0) is 14.4 Å². The number of nitrogens with one attached hydrogen (secondary N) is 2. The Balaban J connectivity index is 1.45. The summed E-state index contributed by atoms with van der Waals surface area (Å²) in [5.74, 6) is -1.13.